The minimum absolute atomic E-state index is 0.128. The molecule has 0 bridgehead atoms. The highest BCUT2D eigenvalue weighted by Crippen LogP contribution is 2.24. The van der Waals surface area contributed by atoms with Crippen molar-refractivity contribution >= 4 is 11.0 Å². The lowest BCUT2D eigenvalue weighted by Gasteiger charge is -2.27. The third kappa shape index (κ3) is 2.99. The summed E-state index contributed by atoms with van der Waals surface area (Å²) in [4.78, 5) is 0. The maximum Gasteiger partial charge on any atom is 0.134 e. The molecule has 3 nitrogen and oxygen atoms in total. The number of benzene rings is 1. The van der Waals surface area contributed by atoms with Gasteiger partial charge < -0.3 is 14.8 Å². The molecule has 3 rings (SSSR count). The monoisotopic (exact) mass is 259 g/mol. The summed E-state index contributed by atoms with van der Waals surface area (Å²) in [5, 5.41) is 14.5. The molecular formula is C16H21NO2. The highest BCUT2D eigenvalue weighted by Gasteiger charge is 2.22. The SMILES string of the molecule is OC1CCCCC1CNCc1cc2ccccc2o1. The molecule has 1 aliphatic carbocycles. The van der Waals surface area contributed by atoms with E-state index in [-0.39, 0.29) is 6.10 Å². The van der Waals surface area contributed by atoms with E-state index in [9.17, 15) is 5.11 Å². The molecule has 2 N–H and O–H groups in total. The Kier molecular flexibility index (Phi) is 3.85. The lowest BCUT2D eigenvalue weighted by Crippen LogP contribution is -2.33. The van der Waals surface area contributed by atoms with Crippen molar-refractivity contribution in [2.24, 2.45) is 5.92 Å². The van der Waals surface area contributed by atoms with E-state index in [4.69, 9.17) is 4.42 Å². The Morgan fingerprint density at radius 2 is 2.05 bits per heavy atom. The number of aliphatic hydroxyl groups is 1. The van der Waals surface area contributed by atoms with Crippen LogP contribution in [-0.2, 0) is 6.54 Å². The van der Waals surface area contributed by atoms with Crippen LogP contribution in [0.4, 0.5) is 0 Å². The summed E-state index contributed by atoms with van der Waals surface area (Å²) in [5.74, 6) is 1.37. The predicted molar refractivity (Wildman–Crippen MR) is 75.9 cm³/mol. The van der Waals surface area contributed by atoms with Crippen molar-refractivity contribution in [1.82, 2.24) is 5.32 Å². The van der Waals surface area contributed by atoms with Crippen molar-refractivity contribution in [3.63, 3.8) is 0 Å². The Bertz CT molecular complexity index is 501. The summed E-state index contributed by atoms with van der Waals surface area (Å²) < 4.78 is 5.76. The Morgan fingerprint density at radius 3 is 2.89 bits per heavy atom. The summed E-state index contributed by atoms with van der Waals surface area (Å²) in [6.07, 6.45) is 4.37. The van der Waals surface area contributed by atoms with Crippen molar-refractivity contribution in [1.29, 1.82) is 0 Å². The molecule has 1 aromatic heterocycles. The summed E-state index contributed by atoms with van der Waals surface area (Å²) in [6, 6.07) is 10.1. The molecule has 2 atom stereocenters. The number of hydrogen-bond donors (Lipinski definition) is 2. The van der Waals surface area contributed by atoms with E-state index in [0.29, 0.717) is 5.92 Å². The molecular weight excluding hydrogens is 238 g/mol. The molecule has 0 saturated heterocycles. The fourth-order valence-electron chi connectivity index (χ4n) is 2.93. The van der Waals surface area contributed by atoms with Crippen LogP contribution in [0.5, 0.6) is 0 Å². The standard InChI is InChI=1S/C16H21NO2/c18-15-7-3-1-6-13(15)10-17-11-14-9-12-5-2-4-8-16(12)19-14/h2,4-5,8-9,13,15,17-18H,1,3,6-7,10-11H2. The van der Waals surface area contributed by atoms with Crippen LogP contribution in [0.3, 0.4) is 0 Å². The van der Waals surface area contributed by atoms with Gasteiger partial charge >= 0.3 is 0 Å². The average Bonchev–Trinajstić information content (AvgIpc) is 2.83. The number of para-hydroxylation sites is 1. The zero-order valence-electron chi connectivity index (χ0n) is 11.1. The molecule has 3 heteroatoms. The summed E-state index contributed by atoms with van der Waals surface area (Å²) in [7, 11) is 0. The first-order valence-electron chi connectivity index (χ1n) is 7.19. The van der Waals surface area contributed by atoms with Gasteiger partial charge in [-0.05, 0) is 30.9 Å². The fourth-order valence-corrected chi connectivity index (χ4v) is 2.93. The zero-order valence-corrected chi connectivity index (χ0v) is 11.1. The van der Waals surface area contributed by atoms with Crippen molar-refractivity contribution in [2.45, 2.75) is 38.3 Å². The second kappa shape index (κ2) is 5.76. The first-order valence-corrected chi connectivity index (χ1v) is 7.19. The van der Waals surface area contributed by atoms with Gasteiger partial charge in [-0.1, -0.05) is 31.0 Å². The molecule has 1 saturated carbocycles. The maximum atomic E-state index is 9.92. The Balaban J connectivity index is 1.54. The van der Waals surface area contributed by atoms with Gasteiger partial charge in [0.15, 0.2) is 0 Å². The van der Waals surface area contributed by atoms with Gasteiger partial charge in [0, 0.05) is 11.9 Å². The van der Waals surface area contributed by atoms with Crippen molar-refractivity contribution in [3.05, 3.63) is 36.1 Å². The molecule has 1 heterocycles. The minimum atomic E-state index is -0.128. The lowest BCUT2D eigenvalue weighted by atomic mass is 9.86. The second-order valence-electron chi connectivity index (χ2n) is 5.49. The first-order chi connectivity index (χ1) is 9.33. The molecule has 0 amide bonds. The van der Waals surface area contributed by atoms with Crippen LogP contribution in [-0.4, -0.2) is 17.8 Å². The van der Waals surface area contributed by atoms with E-state index in [1.807, 2.05) is 18.2 Å². The van der Waals surface area contributed by atoms with Crippen LogP contribution in [0.2, 0.25) is 0 Å². The van der Waals surface area contributed by atoms with Gasteiger partial charge in [0.05, 0.1) is 12.6 Å². The van der Waals surface area contributed by atoms with E-state index in [1.165, 1.54) is 12.8 Å². The molecule has 0 aliphatic heterocycles. The van der Waals surface area contributed by atoms with Gasteiger partial charge in [-0.3, -0.25) is 0 Å². The lowest BCUT2D eigenvalue weighted by molar-refractivity contribution is 0.0693. The summed E-state index contributed by atoms with van der Waals surface area (Å²) in [6.45, 7) is 1.61. The second-order valence-corrected chi connectivity index (χ2v) is 5.49. The van der Waals surface area contributed by atoms with Gasteiger partial charge in [-0.2, -0.15) is 0 Å². The minimum Gasteiger partial charge on any atom is -0.460 e. The first kappa shape index (κ1) is 12.7. The van der Waals surface area contributed by atoms with Gasteiger partial charge in [0.2, 0.25) is 0 Å². The Hall–Kier alpha value is -1.32. The summed E-state index contributed by atoms with van der Waals surface area (Å²) in [5.41, 5.74) is 0.942. The number of fused-ring (bicyclic) bond motifs is 1. The van der Waals surface area contributed by atoms with E-state index in [1.54, 1.807) is 0 Å². The number of aliphatic hydroxyl groups excluding tert-OH is 1. The molecule has 2 aromatic rings. The number of nitrogens with one attached hydrogen (secondary N) is 1. The van der Waals surface area contributed by atoms with Crippen LogP contribution in [0.15, 0.2) is 34.7 Å². The highest BCUT2D eigenvalue weighted by molar-refractivity contribution is 5.77. The van der Waals surface area contributed by atoms with Gasteiger partial charge in [0.25, 0.3) is 0 Å². The molecule has 2 unspecified atom stereocenters. The van der Waals surface area contributed by atoms with Crippen LogP contribution in [0, 0.1) is 5.92 Å². The van der Waals surface area contributed by atoms with Crippen LogP contribution >= 0.6 is 0 Å². The highest BCUT2D eigenvalue weighted by atomic mass is 16.3. The summed E-state index contributed by atoms with van der Waals surface area (Å²) >= 11 is 0. The Labute approximate surface area is 113 Å². The topological polar surface area (TPSA) is 45.4 Å². The van der Waals surface area contributed by atoms with Crippen LogP contribution in [0.25, 0.3) is 11.0 Å². The molecule has 1 aromatic carbocycles. The third-order valence-electron chi connectivity index (χ3n) is 4.05. The van der Waals surface area contributed by atoms with Crippen molar-refractivity contribution in [3.8, 4) is 0 Å². The van der Waals surface area contributed by atoms with E-state index in [0.717, 1.165) is 42.7 Å². The molecule has 0 spiro atoms. The zero-order chi connectivity index (χ0) is 13.1. The van der Waals surface area contributed by atoms with E-state index < -0.39 is 0 Å². The van der Waals surface area contributed by atoms with Gasteiger partial charge in [-0.25, -0.2) is 0 Å². The van der Waals surface area contributed by atoms with Gasteiger partial charge in [-0.15, -0.1) is 0 Å². The van der Waals surface area contributed by atoms with Crippen LogP contribution < -0.4 is 5.32 Å². The molecule has 19 heavy (non-hydrogen) atoms. The molecule has 0 radical (unpaired) electrons. The van der Waals surface area contributed by atoms with Crippen LogP contribution in [0.1, 0.15) is 31.4 Å². The Morgan fingerprint density at radius 1 is 1.21 bits per heavy atom. The quantitative estimate of drug-likeness (QED) is 0.887. The largest absolute Gasteiger partial charge is 0.460 e. The van der Waals surface area contributed by atoms with Crippen molar-refractivity contribution in [2.75, 3.05) is 6.54 Å². The van der Waals surface area contributed by atoms with E-state index >= 15 is 0 Å². The smallest absolute Gasteiger partial charge is 0.134 e. The third-order valence-corrected chi connectivity index (χ3v) is 4.05. The average molecular weight is 259 g/mol. The maximum absolute atomic E-state index is 9.92. The van der Waals surface area contributed by atoms with Crippen molar-refractivity contribution < 1.29 is 9.52 Å². The van der Waals surface area contributed by atoms with Gasteiger partial charge in [0.1, 0.15) is 11.3 Å². The number of furan rings is 1. The fraction of sp³-hybridized carbons (Fsp3) is 0.500. The number of hydrogen-bond acceptors (Lipinski definition) is 3. The molecule has 102 valence electrons. The predicted octanol–water partition coefficient (Wildman–Crippen LogP) is 3.07. The normalized spacial score (nSPS) is 23.8. The molecule has 1 fully saturated rings. The molecule has 1 aliphatic rings. The number of rotatable bonds is 4. The van der Waals surface area contributed by atoms with E-state index in [2.05, 4.69) is 17.4 Å².